The summed E-state index contributed by atoms with van der Waals surface area (Å²) in [5, 5.41) is 14.4. The average Bonchev–Trinajstić information content (AvgIpc) is 2.20. The fraction of sp³-hybridized carbons (Fsp3) is 0.727. The van der Waals surface area contributed by atoms with Gasteiger partial charge in [-0.2, -0.15) is 13.2 Å². The Balaban J connectivity index is 4.61. The van der Waals surface area contributed by atoms with Crippen molar-refractivity contribution in [3.8, 4) is 0 Å². The monoisotopic (exact) mass is 313 g/mol. The third-order valence-electron chi connectivity index (χ3n) is 2.34. The molecule has 0 aliphatic carbocycles. The summed E-state index contributed by atoms with van der Waals surface area (Å²) in [7, 11) is 0. The van der Waals surface area contributed by atoms with Gasteiger partial charge in [0.05, 0.1) is 6.54 Å². The van der Waals surface area contributed by atoms with Crippen LogP contribution in [0.5, 0.6) is 0 Å². The van der Waals surface area contributed by atoms with Gasteiger partial charge in [0.2, 0.25) is 11.4 Å². The van der Waals surface area contributed by atoms with Gasteiger partial charge in [-0.3, -0.25) is 15.4 Å². The van der Waals surface area contributed by atoms with Crippen LogP contribution in [0.2, 0.25) is 0 Å². The van der Waals surface area contributed by atoms with Crippen LogP contribution in [-0.2, 0) is 9.59 Å². The fourth-order valence-electron chi connectivity index (χ4n) is 1.10. The first-order valence-electron chi connectivity index (χ1n) is 5.86. The molecular formula is C11H18F3N3O4. The van der Waals surface area contributed by atoms with Crippen LogP contribution >= 0.6 is 0 Å². The lowest BCUT2D eigenvalue weighted by Crippen LogP contribution is -2.62. The second-order valence-electron chi connectivity index (χ2n) is 5.53. The van der Waals surface area contributed by atoms with Gasteiger partial charge in [0, 0.05) is 5.54 Å². The highest BCUT2D eigenvalue weighted by Crippen LogP contribution is 2.30. The number of hydrogen-bond acceptors (Lipinski definition) is 4. The van der Waals surface area contributed by atoms with E-state index in [1.165, 1.54) is 0 Å². The minimum absolute atomic E-state index is 0.387. The number of aliphatic carboxylic acids is 1. The molecule has 0 bridgehead atoms. The Labute approximate surface area is 119 Å². The SMILES string of the molecule is CC(C)(C)NC(=O)NC(=O)CNC(C)(C(=O)O)C(F)(F)F. The predicted molar refractivity (Wildman–Crippen MR) is 66.5 cm³/mol. The van der Waals surface area contributed by atoms with Gasteiger partial charge in [-0.1, -0.05) is 0 Å². The average molecular weight is 313 g/mol. The third-order valence-corrected chi connectivity index (χ3v) is 2.34. The van der Waals surface area contributed by atoms with Gasteiger partial charge in [-0.15, -0.1) is 0 Å². The van der Waals surface area contributed by atoms with E-state index in [-0.39, 0.29) is 0 Å². The van der Waals surface area contributed by atoms with E-state index >= 15 is 0 Å². The van der Waals surface area contributed by atoms with Crippen molar-refractivity contribution in [3.05, 3.63) is 0 Å². The van der Waals surface area contributed by atoms with Gasteiger partial charge in [-0.05, 0) is 27.7 Å². The Hall–Kier alpha value is -1.84. The highest BCUT2D eigenvalue weighted by molar-refractivity contribution is 5.95. The van der Waals surface area contributed by atoms with Crippen LogP contribution in [-0.4, -0.2) is 46.8 Å². The molecule has 0 aliphatic heterocycles. The predicted octanol–water partition coefficient (Wildman–Crippen LogP) is 0.606. The summed E-state index contributed by atoms with van der Waals surface area (Å²) < 4.78 is 37.9. The molecule has 10 heteroatoms. The lowest BCUT2D eigenvalue weighted by molar-refractivity contribution is -0.205. The van der Waals surface area contributed by atoms with Crippen molar-refractivity contribution in [2.75, 3.05) is 6.54 Å². The van der Waals surface area contributed by atoms with Crippen molar-refractivity contribution in [2.24, 2.45) is 0 Å². The van der Waals surface area contributed by atoms with Gasteiger partial charge in [0.15, 0.2) is 0 Å². The molecule has 3 amide bonds. The maximum absolute atomic E-state index is 12.6. The van der Waals surface area contributed by atoms with Gasteiger partial charge >= 0.3 is 18.2 Å². The van der Waals surface area contributed by atoms with Crippen molar-refractivity contribution in [3.63, 3.8) is 0 Å². The molecule has 0 aromatic rings. The first-order valence-corrected chi connectivity index (χ1v) is 5.86. The van der Waals surface area contributed by atoms with Crippen LogP contribution < -0.4 is 16.0 Å². The summed E-state index contributed by atoms with van der Waals surface area (Å²) in [6.07, 6.45) is -5.10. The summed E-state index contributed by atoms with van der Waals surface area (Å²) in [5.74, 6) is -3.27. The van der Waals surface area contributed by atoms with E-state index in [0.717, 1.165) is 0 Å². The number of carbonyl (C=O) groups is 3. The maximum Gasteiger partial charge on any atom is 0.417 e. The number of alkyl halides is 3. The van der Waals surface area contributed by atoms with Crippen LogP contribution in [0.3, 0.4) is 0 Å². The molecule has 1 atom stereocenters. The standard InChI is InChI=1S/C11H18F3N3O4/c1-9(2,3)17-8(21)16-6(18)5-15-10(4,7(19)20)11(12,13)14/h15H,5H2,1-4H3,(H,19,20)(H2,16,17,18,21). The number of halogens is 3. The number of carbonyl (C=O) groups excluding carboxylic acids is 2. The van der Waals surface area contributed by atoms with E-state index < -0.39 is 41.7 Å². The molecule has 0 heterocycles. The zero-order chi connectivity index (χ0) is 17.1. The Kier molecular flexibility index (Phi) is 5.74. The Morgan fingerprint density at radius 3 is 1.86 bits per heavy atom. The van der Waals surface area contributed by atoms with Gasteiger partial charge in [0.1, 0.15) is 0 Å². The van der Waals surface area contributed by atoms with Crippen molar-refractivity contribution < 1.29 is 32.7 Å². The second kappa shape index (κ2) is 6.29. The molecular weight excluding hydrogens is 295 g/mol. The number of carboxylic acid groups (broad SMARTS) is 1. The van der Waals surface area contributed by atoms with Crippen LogP contribution in [0.25, 0.3) is 0 Å². The van der Waals surface area contributed by atoms with Gasteiger partial charge < -0.3 is 10.4 Å². The second-order valence-corrected chi connectivity index (χ2v) is 5.53. The molecule has 0 aromatic carbocycles. The van der Waals surface area contributed by atoms with Crippen molar-refractivity contribution in [2.45, 2.75) is 44.9 Å². The molecule has 0 aromatic heterocycles. The number of imide groups is 1. The number of hydrogen-bond donors (Lipinski definition) is 4. The summed E-state index contributed by atoms with van der Waals surface area (Å²) >= 11 is 0. The molecule has 4 N–H and O–H groups in total. The fourth-order valence-corrected chi connectivity index (χ4v) is 1.10. The van der Waals surface area contributed by atoms with Gasteiger partial charge in [0.25, 0.3) is 0 Å². The molecule has 0 saturated carbocycles. The van der Waals surface area contributed by atoms with Crippen molar-refractivity contribution in [1.82, 2.24) is 16.0 Å². The molecule has 1 unspecified atom stereocenters. The van der Waals surface area contributed by atoms with Crippen molar-refractivity contribution in [1.29, 1.82) is 0 Å². The van der Waals surface area contributed by atoms with Crippen LogP contribution in [0, 0.1) is 0 Å². The Morgan fingerprint density at radius 1 is 1.05 bits per heavy atom. The summed E-state index contributed by atoms with van der Waals surface area (Å²) in [6.45, 7) is 4.32. The van der Waals surface area contributed by atoms with Gasteiger partial charge in [-0.25, -0.2) is 9.59 Å². The zero-order valence-electron chi connectivity index (χ0n) is 12.0. The van der Waals surface area contributed by atoms with Crippen molar-refractivity contribution >= 4 is 17.9 Å². The molecule has 0 rings (SSSR count). The highest BCUT2D eigenvalue weighted by atomic mass is 19.4. The molecule has 0 radical (unpaired) electrons. The zero-order valence-corrected chi connectivity index (χ0v) is 12.0. The Bertz CT molecular complexity index is 431. The van der Waals surface area contributed by atoms with E-state index in [9.17, 15) is 27.6 Å². The number of urea groups is 1. The maximum atomic E-state index is 12.6. The number of nitrogens with one attached hydrogen (secondary N) is 3. The molecule has 0 spiro atoms. The normalized spacial score (nSPS) is 15.0. The lowest BCUT2D eigenvalue weighted by atomic mass is 10.0. The highest BCUT2D eigenvalue weighted by Gasteiger charge is 2.57. The number of rotatable bonds is 4. The third kappa shape index (κ3) is 5.98. The number of carboxylic acids is 1. The minimum Gasteiger partial charge on any atom is -0.480 e. The van der Waals surface area contributed by atoms with E-state index in [1.54, 1.807) is 31.4 Å². The van der Waals surface area contributed by atoms with E-state index in [2.05, 4.69) is 5.32 Å². The van der Waals surface area contributed by atoms with Crippen LogP contribution in [0.4, 0.5) is 18.0 Å². The topological polar surface area (TPSA) is 108 Å². The lowest BCUT2D eigenvalue weighted by Gasteiger charge is -2.28. The summed E-state index contributed by atoms with van der Waals surface area (Å²) in [4.78, 5) is 33.4. The largest absolute Gasteiger partial charge is 0.480 e. The van der Waals surface area contributed by atoms with Crippen LogP contribution in [0.15, 0.2) is 0 Å². The molecule has 7 nitrogen and oxygen atoms in total. The summed E-state index contributed by atoms with van der Waals surface area (Å²) in [5.41, 5.74) is -3.93. The quantitative estimate of drug-likeness (QED) is 0.608. The van der Waals surface area contributed by atoms with Crippen LogP contribution in [0.1, 0.15) is 27.7 Å². The molecule has 0 fully saturated rings. The molecule has 0 aliphatic rings. The van der Waals surface area contributed by atoms with E-state index in [0.29, 0.717) is 6.92 Å². The first kappa shape index (κ1) is 19.2. The molecule has 0 saturated heterocycles. The van der Waals surface area contributed by atoms with E-state index in [1.807, 2.05) is 0 Å². The number of amides is 3. The minimum atomic E-state index is -5.10. The van der Waals surface area contributed by atoms with E-state index in [4.69, 9.17) is 5.11 Å². The first-order chi connectivity index (χ1) is 9.19. The molecule has 122 valence electrons. The molecule has 21 heavy (non-hydrogen) atoms. The summed E-state index contributed by atoms with van der Waals surface area (Å²) in [6, 6.07) is -0.890. The Morgan fingerprint density at radius 2 is 1.52 bits per heavy atom. The smallest absolute Gasteiger partial charge is 0.417 e.